The summed E-state index contributed by atoms with van der Waals surface area (Å²) in [6, 6.07) is 3.50. The molecule has 2 heterocycles. The van der Waals surface area contributed by atoms with Crippen molar-refractivity contribution >= 4 is 5.69 Å². The van der Waals surface area contributed by atoms with Gasteiger partial charge in [0, 0.05) is 12.2 Å². The molecule has 1 saturated heterocycles. The summed E-state index contributed by atoms with van der Waals surface area (Å²) in [5.41, 5.74) is 3.37. The average Bonchev–Trinajstić information content (AvgIpc) is 2.78. The topological polar surface area (TPSA) is 24.1 Å². The van der Waals surface area contributed by atoms with Gasteiger partial charge in [0.05, 0.1) is 0 Å². The lowest BCUT2D eigenvalue weighted by atomic mass is 9.86. The molecule has 86 valence electrons. The van der Waals surface area contributed by atoms with Crippen molar-refractivity contribution in [3.63, 3.8) is 0 Å². The van der Waals surface area contributed by atoms with Crippen molar-refractivity contribution in [2.24, 2.45) is 0 Å². The van der Waals surface area contributed by atoms with E-state index in [1.165, 1.54) is 5.56 Å². The Kier molecular flexibility index (Phi) is 2.56. The summed E-state index contributed by atoms with van der Waals surface area (Å²) in [5, 5.41) is 6.66. The second-order valence-electron chi connectivity index (χ2n) is 4.69. The molecule has 0 radical (unpaired) electrons. The van der Waals surface area contributed by atoms with Gasteiger partial charge in [0.25, 0.3) is 0 Å². The second kappa shape index (κ2) is 4.06. The van der Waals surface area contributed by atoms with Gasteiger partial charge in [0.15, 0.2) is 0 Å². The van der Waals surface area contributed by atoms with E-state index >= 15 is 0 Å². The normalized spacial score (nSPS) is 20.6. The van der Waals surface area contributed by atoms with Crippen LogP contribution in [0.25, 0.3) is 0 Å². The fourth-order valence-electron chi connectivity index (χ4n) is 2.95. The Morgan fingerprint density at radius 3 is 2.75 bits per heavy atom. The highest BCUT2D eigenvalue weighted by molar-refractivity contribution is 5.59. The fourth-order valence-corrected chi connectivity index (χ4v) is 2.95. The number of hydrogen-bond acceptors (Lipinski definition) is 2. The molecule has 0 aromatic heterocycles. The molecule has 2 aliphatic heterocycles. The Labute approximate surface area is 95.2 Å². The van der Waals surface area contributed by atoms with E-state index in [1.54, 1.807) is 6.07 Å². The van der Waals surface area contributed by atoms with Crippen molar-refractivity contribution in [2.75, 3.05) is 25.0 Å². The lowest BCUT2D eigenvalue weighted by molar-refractivity contribution is 0.443. The summed E-state index contributed by atoms with van der Waals surface area (Å²) < 4.78 is 14.0. The van der Waals surface area contributed by atoms with E-state index in [0.29, 0.717) is 5.92 Å². The first-order chi connectivity index (χ1) is 7.86. The Hall–Kier alpha value is -1.09. The summed E-state index contributed by atoms with van der Waals surface area (Å²) in [6.07, 6.45) is 3.10. The molecule has 3 rings (SSSR count). The Morgan fingerprint density at radius 1 is 1.12 bits per heavy atom. The van der Waals surface area contributed by atoms with Crippen LogP contribution in [0.5, 0.6) is 0 Å². The first-order valence-corrected chi connectivity index (χ1v) is 6.12. The average molecular weight is 220 g/mol. The van der Waals surface area contributed by atoms with Crippen LogP contribution in [0.15, 0.2) is 12.1 Å². The van der Waals surface area contributed by atoms with Crippen molar-refractivity contribution in [1.29, 1.82) is 0 Å². The third-order valence-corrected chi connectivity index (χ3v) is 3.74. The molecule has 2 aliphatic rings. The minimum Gasteiger partial charge on any atom is -0.384 e. The Balaban J connectivity index is 2.01. The van der Waals surface area contributed by atoms with Crippen LogP contribution in [0.2, 0.25) is 0 Å². The van der Waals surface area contributed by atoms with Gasteiger partial charge in [-0.05, 0) is 61.5 Å². The van der Waals surface area contributed by atoms with Gasteiger partial charge in [0.2, 0.25) is 0 Å². The van der Waals surface area contributed by atoms with Gasteiger partial charge in [-0.2, -0.15) is 0 Å². The minimum atomic E-state index is -0.00523. The molecule has 1 fully saturated rings. The lowest BCUT2D eigenvalue weighted by Gasteiger charge is -2.25. The van der Waals surface area contributed by atoms with Crippen molar-refractivity contribution in [3.8, 4) is 0 Å². The number of anilines is 1. The summed E-state index contributed by atoms with van der Waals surface area (Å²) in [4.78, 5) is 0. The number of fused-ring (bicyclic) bond motifs is 1. The molecular weight excluding hydrogens is 203 g/mol. The number of halogens is 1. The molecule has 1 aromatic carbocycles. The molecule has 0 bridgehead atoms. The number of nitrogens with one attached hydrogen (secondary N) is 2. The van der Waals surface area contributed by atoms with Gasteiger partial charge in [-0.1, -0.05) is 0 Å². The molecule has 0 atom stereocenters. The molecule has 2 nitrogen and oxygen atoms in total. The molecule has 0 saturated carbocycles. The van der Waals surface area contributed by atoms with Crippen molar-refractivity contribution in [1.82, 2.24) is 5.32 Å². The van der Waals surface area contributed by atoms with Crippen LogP contribution in [0.3, 0.4) is 0 Å². The van der Waals surface area contributed by atoms with Crippen LogP contribution in [-0.4, -0.2) is 19.6 Å². The molecule has 0 amide bonds. The zero-order chi connectivity index (χ0) is 11.0. The zero-order valence-electron chi connectivity index (χ0n) is 9.35. The minimum absolute atomic E-state index is 0.00523. The molecule has 2 N–H and O–H groups in total. The summed E-state index contributed by atoms with van der Waals surface area (Å²) >= 11 is 0. The van der Waals surface area contributed by atoms with Crippen LogP contribution in [0.4, 0.5) is 10.1 Å². The fraction of sp³-hybridized carbons (Fsp3) is 0.538. The van der Waals surface area contributed by atoms with E-state index in [-0.39, 0.29) is 5.82 Å². The molecule has 0 spiro atoms. The van der Waals surface area contributed by atoms with Gasteiger partial charge in [-0.25, -0.2) is 4.39 Å². The quantitative estimate of drug-likeness (QED) is 0.758. The first kappa shape index (κ1) is 10.1. The maximum Gasteiger partial charge on any atom is 0.127 e. The maximum absolute atomic E-state index is 14.0. The van der Waals surface area contributed by atoms with E-state index in [0.717, 1.165) is 50.1 Å². The summed E-state index contributed by atoms with van der Waals surface area (Å²) in [6.45, 7) is 2.99. The zero-order valence-corrected chi connectivity index (χ0v) is 9.35. The highest BCUT2D eigenvalue weighted by atomic mass is 19.1. The molecule has 3 heteroatoms. The SMILES string of the molecule is Fc1ccc2c(c1C1CCNCC1)CCN2. The van der Waals surface area contributed by atoms with Gasteiger partial charge in [0.1, 0.15) is 5.82 Å². The van der Waals surface area contributed by atoms with E-state index in [1.807, 2.05) is 6.07 Å². The van der Waals surface area contributed by atoms with E-state index in [9.17, 15) is 4.39 Å². The van der Waals surface area contributed by atoms with Crippen molar-refractivity contribution in [3.05, 3.63) is 29.1 Å². The van der Waals surface area contributed by atoms with Gasteiger partial charge in [-0.3, -0.25) is 0 Å². The molecule has 0 unspecified atom stereocenters. The molecule has 0 aliphatic carbocycles. The third kappa shape index (κ3) is 1.59. The largest absolute Gasteiger partial charge is 0.384 e. The van der Waals surface area contributed by atoms with Crippen LogP contribution in [0.1, 0.15) is 29.9 Å². The Morgan fingerprint density at radius 2 is 1.94 bits per heavy atom. The third-order valence-electron chi connectivity index (χ3n) is 3.74. The maximum atomic E-state index is 14.0. The predicted octanol–water partition coefficient (Wildman–Crippen LogP) is 2.26. The molecular formula is C13H17FN2. The first-order valence-electron chi connectivity index (χ1n) is 6.12. The second-order valence-corrected chi connectivity index (χ2v) is 4.69. The van der Waals surface area contributed by atoms with Crippen molar-refractivity contribution < 1.29 is 4.39 Å². The monoisotopic (exact) mass is 220 g/mol. The van der Waals surface area contributed by atoms with Crippen LogP contribution < -0.4 is 10.6 Å². The smallest absolute Gasteiger partial charge is 0.127 e. The number of rotatable bonds is 1. The lowest BCUT2D eigenvalue weighted by Crippen LogP contribution is -2.27. The van der Waals surface area contributed by atoms with Gasteiger partial charge in [-0.15, -0.1) is 0 Å². The van der Waals surface area contributed by atoms with E-state index in [2.05, 4.69) is 10.6 Å². The van der Waals surface area contributed by atoms with Crippen LogP contribution >= 0.6 is 0 Å². The summed E-state index contributed by atoms with van der Waals surface area (Å²) in [5.74, 6) is 0.408. The van der Waals surface area contributed by atoms with Crippen LogP contribution in [-0.2, 0) is 6.42 Å². The standard InChI is InChI=1S/C13H17FN2/c14-11-1-2-12-10(5-8-16-12)13(11)9-3-6-15-7-4-9/h1-2,9,15-16H,3-8H2. The number of benzene rings is 1. The highest BCUT2D eigenvalue weighted by Crippen LogP contribution is 2.36. The van der Waals surface area contributed by atoms with Gasteiger partial charge < -0.3 is 10.6 Å². The van der Waals surface area contributed by atoms with E-state index < -0.39 is 0 Å². The Bertz CT molecular complexity index is 397. The predicted molar refractivity (Wildman–Crippen MR) is 63.4 cm³/mol. The summed E-state index contributed by atoms with van der Waals surface area (Å²) in [7, 11) is 0. The van der Waals surface area contributed by atoms with Crippen LogP contribution in [0, 0.1) is 5.82 Å². The van der Waals surface area contributed by atoms with E-state index in [4.69, 9.17) is 0 Å². The van der Waals surface area contributed by atoms with Crippen molar-refractivity contribution in [2.45, 2.75) is 25.2 Å². The molecule has 16 heavy (non-hydrogen) atoms. The number of hydrogen-bond donors (Lipinski definition) is 2. The van der Waals surface area contributed by atoms with Gasteiger partial charge >= 0.3 is 0 Å². The highest BCUT2D eigenvalue weighted by Gasteiger charge is 2.25. The number of piperidine rings is 1. The molecule has 1 aromatic rings.